The molecule has 2 rings (SSSR count). The van der Waals surface area contributed by atoms with Crippen LogP contribution in [-0.4, -0.2) is 33.3 Å². The highest BCUT2D eigenvalue weighted by Gasteiger charge is 2.27. The van der Waals surface area contributed by atoms with E-state index in [1.165, 1.54) is 37.1 Å². The predicted molar refractivity (Wildman–Crippen MR) is 105 cm³/mol. The maximum Gasteiger partial charge on any atom is 0.324 e. The number of benzene rings is 2. The van der Waals surface area contributed by atoms with E-state index in [4.69, 9.17) is 27.9 Å². The molecule has 2 aromatic rings. The molecule has 0 aromatic heterocycles. The first kappa shape index (κ1) is 21.1. The fourth-order valence-corrected chi connectivity index (χ4v) is 5.12. The van der Waals surface area contributed by atoms with Gasteiger partial charge in [-0.2, -0.15) is 16.5 Å². The second-order valence-corrected chi connectivity index (χ2v) is 8.92. The zero-order valence-corrected chi connectivity index (χ0v) is 17.0. The van der Waals surface area contributed by atoms with E-state index < -0.39 is 22.0 Å². The molecule has 0 bridgehead atoms. The first-order valence-electron chi connectivity index (χ1n) is 7.50. The molecular weight excluding hydrogens is 417 g/mol. The quantitative estimate of drug-likeness (QED) is 0.641. The number of ether oxygens (including phenoxy) is 1. The molecule has 9 heteroatoms. The van der Waals surface area contributed by atoms with Gasteiger partial charge in [-0.25, -0.2) is 8.42 Å². The van der Waals surface area contributed by atoms with Gasteiger partial charge in [0.15, 0.2) is 0 Å². The van der Waals surface area contributed by atoms with E-state index in [1.807, 2.05) is 30.3 Å². The van der Waals surface area contributed by atoms with Gasteiger partial charge < -0.3 is 4.74 Å². The molecule has 2 aromatic carbocycles. The maximum atomic E-state index is 12.6. The molecule has 0 heterocycles. The summed E-state index contributed by atoms with van der Waals surface area (Å²) < 4.78 is 32.2. The topological polar surface area (TPSA) is 72.5 Å². The molecule has 0 aliphatic carbocycles. The van der Waals surface area contributed by atoms with Crippen LogP contribution in [0, 0.1) is 0 Å². The van der Waals surface area contributed by atoms with Gasteiger partial charge in [-0.05, 0) is 23.8 Å². The number of nitrogens with one attached hydrogen (secondary N) is 1. The highest BCUT2D eigenvalue weighted by Crippen LogP contribution is 2.23. The second-order valence-electron chi connectivity index (χ2n) is 5.30. The van der Waals surface area contributed by atoms with E-state index in [9.17, 15) is 13.2 Å². The molecule has 140 valence electrons. The Kier molecular flexibility index (Phi) is 7.79. The van der Waals surface area contributed by atoms with Gasteiger partial charge in [-0.15, -0.1) is 0 Å². The monoisotopic (exact) mass is 433 g/mol. The summed E-state index contributed by atoms with van der Waals surface area (Å²) in [5.74, 6) is 0.191. The Morgan fingerprint density at radius 3 is 2.35 bits per heavy atom. The van der Waals surface area contributed by atoms with Gasteiger partial charge >= 0.3 is 5.97 Å². The Labute approximate surface area is 167 Å². The normalized spacial score (nSPS) is 12.6. The van der Waals surface area contributed by atoms with E-state index in [-0.39, 0.29) is 20.7 Å². The molecule has 0 saturated carbocycles. The highest BCUT2D eigenvalue weighted by atomic mass is 35.5. The summed E-state index contributed by atoms with van der Waals surface area (Å²) in [6, 6.07) is 12.6. The number of esters is 1. The minimum atomic E-state index is -3.99. The number of hydrogen-bond acceptors (Lipinski definition) is 5. The third kappa shape index (κ3) is 6.17. The molecule has 26 heavy (non-hydrogen) atoms. The first-order chi connectivity index (χ1) is 12.3. The Balaban J connectivity index is 2.10. The number of methoxy groups -OCH3 is 1. The fraction of sp³-hybridized carbons (Fsp3) is 0.235. The molecular formula is C17H17Cl2NO4S2. The van der Waals surface area contributed by atoms with Crippen LogP contribution in [0.15, 0.2) is 53.4 Å². The summed E-state index contributed by atoms with van der Waals surface area (Å²) in [5, 5.41) is 0.372. The van der Waals surface area contributed by atoms with Crippen molar-refractivity contribution < 1.29 is 17.9 Å². The van der Waals surface area contributed by atoms with Crippen molar-refractivity contribution in [2.75, 3.05) is 12.9 Å². The molecule has 0 saturated heterocycles. The summed E-state index contributed by atoms with van der Waals surface area (Å²) in [5.41, 5.74) is 1.07. The van der Waals surface area contributed by atoms with Crippen molar-refractivity contribution >= 4 is 51.0 Å². The largest absolute Gasteiger partial charge is 0.468 e. The zero-order valence-electron chi connectivity index (χ0n) is 13.8. The van der Waals surface area contributed by atoms with Gasteiger partial charge in [0.05, 0.1) is 12.0 Å². The molecule has 1 unspecified atom stereocenters. The number of carbonyl (C=O) groups is 1. The van der Waals surface area contributed by atoms with Crippen molar-refractivity contribution in [3.05, 3.63) is 64.1 Å². The Morgan fingerprint density at radius 1 is 1.15 bits per heavy atom. The Morgan fingerprint density at radius 2 is 1.77 bits per heavy atom. The van der Waals surface area contributed by atoms with Crippen LogP contribution in [-0.2, 0) is 25.3 Å². The number of rotatable bonds is 8. The van der Waals surface area contributed by atoms with E-state index in [1.54, 1.807) is 0 Å². The Hall–Kier alpha value is -1.25. The minimum absolute atomic E-state index is 0.114. The average Bonchev–Trinajstić information content (AvgIpc) is 2.60. The SMILES string of the molecule is COC(=O)C(CSCc1ccccc1)NS(=O)(=O)c1cc(Cl)cc(Cl)c1. The van der Waals surface area contributed by atoms with Crippen LogP contribution >= 0.6 is 35.0 Å². The van der Waals surface area contributed by atoms with Crippen molar-refractivity contribution in [2.45, 2.75) is 16.7 Å². The van der Waals surface area contributed by atoms with Crippen molar-refractivity contribution in [1.29, 1.82) is 0 Å². The number of halogens is 2. The summed E-state index contributed by atoms with van der Waals surface area (Å²) in [7, 11) is -2.78. The first-order valence-corrected chi connectivity index (χ1v) is 10.9. The van der Waals surface area contributed by atoms with Crippen molar-refractivity contribution in [3.8, 4) is 0 Å². The van der Waals surface area contributed by atoms with Crippen molar-refractivity contribution in [1.82, 2.24) is 4.72 Å². The van der Waals surface area contributed by atoms with Gasteiger partial charge in [0.1, 0.15) is 6.04 Å². The van der Waals surface area contributed by atoms with Crippen LogP contribution in [0.3, 0.4) is 0 Å². The molecule has 5 nitrogen and oxygen atoms in total. The molecule has 1 atom stereocenters. The molecule has 0 radical (unpaired) electrons. The second kappa shape index (κ2) is 9.62. The van der Waals surface area contributed by atoms with Crippen molar-refractivity contribution in [3.63, 3.8) is 0 Å². The molecule has 0 aliphatic rings. The predicted octanol–water partition coefficient (Wildman–Crippen LogP) is 3.75. The van der Waals surface area contributed by atoms with E-state index in [0.29, 0.717) is 5.75 Å². The zero-order chi connectivity index (χ0) is 19.2. The van der Waals surface area contributed by atoms with Gasteiger partial charge in [-0.1, -0.05) is 53.5 Å². The van der Waals surface area contributed by atoms with E-state index in [0.717, 1.165) is 5.56 Å². The van der Waals surface area contributed by atoms with E-state index in [2.05, 4.69) is 4.72 Å². The number of carbonyl (C=O) groups excluding carboxylic acids is 1. The standard InChI is InChI=1S/C17H17Cl2NO4S2/c1-24-17(21)16(11-25-10-12-5-3-2-4-6-12)20-26(22,23)15-8-13(18)7-14(19)9-15/h2-9,16,20H,10-11H2,1H3. The van der Waals surface area contributed by atoms with E-state index >= 15 is 0 Å². The van der Waals surface area contributed by atoms with Crippen LogP contribution in [0.1, 0.15) is 5.56 Å². The van der Waals surface area contributed by atoms with Gasteiger partial charge in [0, 0.05) is 21.6 Å². The van der Waals surface area contributed by atoms with Crippen LogP contribution in [0.25, 0.3) is 0 Å². The molecule has 0 aliphatic heterocycles. The molecule has 0 spiro atoms. The fourth-order valence-electron chi connectivity index (χ4n) is 2.10. The molecule has 0 amide bonds. The summed E-state index contributed by atoms with van der Waals surface area (Å²) >= 11 is 13.1. The summed E-state index contributed by atoms with van der Waals surface area (Å²) in [6.07, 6.45) is 0. The highest BCUT2D eigenvalue weighted by molar-refractivity contribution is 7.98. The summed E-state index contributed by atoms with van der Waals surface area (Å²) in [4.78, 5) is 11.9. The van der Waals surface area contributed by atoms with Gasteiger partial charge in [0.25, 0.3) is 0 Å². The lowest BCUT2D eigenvalue weighted by atomic mass is 10.2. The maximum absolute atomic E-state index is 12.6. The van der Waals surface area contributed by atoms with Gasteiger partial charge in [0.2, 0.25) is 10.0 Å². The lowest BCUT2D eigenvalue weighted by Crippen LogP contribution is -2.43. The minimum Gasteiger partial charge on any atom is -0.468 e. The van der Waals surface area contributed by atoms with Crippen LogP contribution < -0.4 is 4.72 Å². The third-order valence-corrected chi connectivity index (χ3v) is 6.32. The van der Waals surface area contributed by atoms with Gasteiger partial charge in [-0.3, -0.25) is 4.79 Å². The molecule has 1 N–H and O–H groups in total. The summed E-state index contributed by atoms with van der Waals surface area (Å²) in [6.45, 7) is 0. The Bertz CT molecular complexity index is 840. The number of thioether (sulfide) groups is 1. The van der Waals surface area contributed by atoms with Crippen LogP contribution in [0.5, 0.6) is 0 Å². The number of hydrogen-bond donors (Lipinski definition) is 1. The van der Waals surface area contributed by atoms with Crippen LogP contribution in [0.2, 0.25) is 10.0 Å². The third-order valence-electron chi connectivity index (χ3n) is 3.33. The van der Waals surface area contributed by atoms with Crippen molar-refractivity contribution in [2.24, 2.45) is 0 Å². The average molecular weight is 434 g/mol. The smallest absolute Gasteiger partial charge is 0.324 e. The lowest BCUT2D eigenvalue weighted by molar-refractivity contribution is -0.141. The molecule has 0 fully saturated rings. The lowest BCUT2D eigenvalue weighted by Gasteiger charge is -2.16. The van der Waals surface area contributed by atoms with Crippen LogP contribution in [0.4, 0.5) is 0 Å². The number of sulfonamides is 1.